The van der Waals surface area contributed by atoms with Gasteiger partial charge < -0.3 is 20.3 Å². The van der Waals surface area contributed by atoms with Crippen molar-refractivity contribution in [2.24, 2.45) is 0 Å². The predicted molar refractivity (Wildman–Crippen MR) is 129 cm³/mol. The lowest BCUT2D eigenvalue weighted by molar-refractivity contribution is -0.137. The van der Waals surface area contributed by atoms with Crippen molar-refractivity contribution in [3.63, 3.8) is 0 Å². The van der Waals surface area contributed by atoms with Crippen LogP contribution in [-0.2, 0) is 4.79 Å². The van der Waals surface area contributed by atoms with Gasteiger partial charge in [-0.2, -0.15) is 0 Å². The molecule has 3 N–H and O–H groups in total. The summed E-state index contributed by atoms with van der Waals surface area (Å²) in [6.07, 6.45) is 2.01. The number of carbonyl (C=O) groups excluding carboxylic acids is 2. The van der Waals surface area contributed by atoms with Crippen LogP contribution in [0.3, 0.4) is 0 Å². The van der Waals surface area contributed by atoms with E-state index in [1.807, 2.05) is 6.07 Å². The van der Waals surface area contributed by atoms with E-state index in [2.05, 4.69) is 15.3 Å². The average Bonchev–Trinajstić information content (AvgIpc) is 3.43. The van der Waals surface area contributed by atoms with Crippen molar-refractivity contribution in [2.45, 2.75) is 44.7 Å². The number of amides is 2. The zero-order chi connectivity index (χ0) is 24.4. The van der Waals surface area contributed by atoms with Crippen LogP contribution in [0.5, 0.6) is 0 Å². The number of benzene rings is 2. The minimum atomic E-state index is -0.881. The third-order valence-corrected chi connectivity index (χ3v) is 6.56. The van der Waals surface area contributed by atoms with E-state index in [0.717, 1.165) is 18.4 Å². The number of carboxylic acids is 1. The molecule has 4 rings (SSSR count). The van der Waals surface area contributed by atoms with E-state index in [0.29, 0.717) is 40.5 Å². The van der Waals surface area contributed by atoms with Gasteiger partial charge in [-0.05, 0) is 62.6 Å². The summed E-state index contributed by atoms with van der Waals surface area (Å²) in [5, 5.41) is 12.6. The summed E-state index contributed by atoms with van der Waals surface area (Å²) in [6, 6.07) is 9.37. The summed E-state index contributed by atoms with van der Waals surface area (Å²) in [4.78, 5) is 46.1. The first-order chi connectivity index (χ1) is 16.2. The van der Waals surface area contributed by atoms with Crippen molar-refractivity contribution >= 4 is 52.0 Å². The number of nitrogens with one attached hydrogen (secondary N) is 2. The molecule has 34 heavy (non-hydrogen) atoms. The summed E-state index contributed by atoms with van der Waals surface area (Å²) in [6.45, 7) is 2.36. The Hall–Kier alpha value is -3.10. The summed E-state index contributed by atoms with van der Waals surface area (Å²) in [5.74, 6) is -0.898. The number of H-pyrrole nitrogens is 1. The molecule has 1 saturated heterocycles. The normalized spacial score (nSPS) is 16.6. The number of hydrogen-bond acceptors (Lipinski definition) is 4. The third-order valence-electron chi connectivity index (χ3n) is 6.01. The molecule has 1 fully saturated rings. The molecular formula is C24H24Cl2N4O4. The van der Waals surface area contributed by atoms with Crippen LogP contribution in [0.4, 0.5) is 0 Å². The Kier molecular flexibility index (Phi) is 7.09. The predicted octanol–water partition coefficient (Wildman–Crippen LogP) is 4.83. The number of aromatic amines is 1. The van der Waals surface area contributed by atoms with Gasteiger partial charge >= 0.3 is 5.97 Å². The van der Waals surface area contributed by atoms with Crippen molar-refractivity contribution in [3.05, 3.63) is 63.4 Å². The highest BCUT2D eigenvalue weighted by Crippen LogP contribution is 2.27. The number of halogens is 2. The number of carboxylic acid groups (broad SMARTS) is 1. The Morgan fingerprint density at radius 2 is 2.03 bits per heavy atom. The van der Waals surface area contributed by atoms with Crippen LogP contribution in [0.25, 0.3) is 11.0 Å². The molecule has 0 saturated carbocycles. The standard InChI is InChI=1S/C24H24Cl2N4O4/c1-13(22-28-19-8-5-15(25)12-20(19)29-22)27-23(33)14-4-7-17(18(26)11-14)24(34)30-10-2-3-16(30)6-9-21(31)32/h4-5,7-8,11-13,16H,2-3,6,9-10H2,1H3,(H,27,33)(H,28,29)(H,31,32)/t13-,16-/m0/s1. The largest absolute Gasteiger partial charge is 0.481 e. The maximum Gasteiger partial charge on any atom is 0.303 e. The molecule has 0 unspecified atom stereocenters. The second-order valence-electron chi connectivity index (χ2n) is 8.40. The number of aliphatic carboxylic acids is 1. The van der Waals surface area contributed by atoms with E-state index in [9.17, 15) is 14.4 Å². The van der Waals surface area contributed by atoms with Crippen LogP contribution in [0.15, 0.2) is 36.4 Å². The van der Waals surface area contributed by atoms with E-state index in [-0.39, 0.29) is 29.3 Å². The number of hydrogen-bond donors (Lipinski definition) is 3. The van der Waals surface area contributed by atoms with Gasteiger partial charge in [0.05, 0.1) is 27.7 Å². The van der Waals surface area contributed by atoms with Gasteiger partial charge in [0, 0.05) is 29.6 Å². The van der Waals surface area contributed by atoms with E-state index in [4.69, 9.17) is 28.3 Å². The molecule has 178 valence electrons. The smallest absolute Gasteiger partial charge is 0.303 e. The lowest BCUT2D eigenvalue weighted by Gasteiger charge is -2.25. The molecule has 1 aromatic heterocycles. The highest BCUT2D eigenvalue weighted by atomic mass is 35.5. The van der Waals surface area contributed by atoms with Crippen LogP contribution < -0.4 is 5.32 Å². The molecule has 3 aromatic rings. The first-order valence-corrected chi connectivity index (χ1v) is 11.8. The number of nitrogens with zero attached hydrogens (tertiary/aromatic N) is 2. The molecule has 2 atom stereocenters. The highest BCUT2D eigenvalue weighted by molar-refractivity contribution is 6.34. The maximum atomic E-state index is 13.0. The fourth-order valence-electron chi connectivity index (χ4n) is 4.23. The quantitative estimate of drug-likeness (QED) is 0.427. The highest BCUT2D eigenvalue weighted by Gasteiger charge is 2.30. The zero-order valence-electron chi connectivity index (χ0n) is 18.5. The van der Waals surface area contributed by atoms with E-state index >= 15 is 0 Å². The lowest BCUT2D eigenvalue weighted by Crippen LogP contribution is -2.36. The minimum absolute atomic E-state index is 0.0116. The van der Waals surface area contributed by atoms with Gasteiger partial charge in [-0.1, -0.05) is 23.2 Å². The van der Waals surface area contributed by atoms with Crippen LogP contribution in [0.1, 0.15) is 65.2 Å². The van der Waals surface area contributed by atoms with Gasteiger partial charge in [-0.3, -0.25) is 14.4 Å². The van der Waals surface area contributed by atoms with Gasteiger partial charge in [0.2, 0.25) is 0 Å². The SMILES string of the molecule is C[C@H](NC(=O)c1ccc(C(=O)N2CCC[C@H]2CCC(=O)O)c(Cl)c1)c1nc2cc(Cl)ccc2[nH]1. The van der Waals surface area contributed by atoms with Gasteiger partial charge in [0.1, 0.15) is 5.82 Å². The summed E-state index contributed by atoms with van der Waals surface area (Å²) in [7, 11) is 0. The molecule has 0 bridgehead atoms. The van der Waals surface area contributed by atoms with Crippen molar-refractivity contribution in [2.75, 3.05) is 6.54 Å². The second-order valence-corrected chi connectivity index (χ2v) is 9.24. The summed E-state index contributed by atoms with van der Waals surface area (Å²) >= 11 is 12.4. The summed E-state index contributed by atoms with van der Waals surface area (Å²) < 4.78 is 0. The van der Waals surface area contributed by atoms with Gasteiger partial charge in [-0.15, -0.1) is 0 Å². The molecule has 8 nitrogen and oxygen atoms in total. The van der Waals surface area contributed by atoms with E-state index in [1.165, 1.54) is 6.07 Å². The van der Waals surface area contributed by atoms with Gasteiger partial charge in [-0.25, -0.2) is 4.98 Å². The molecule has 2 amide bonds. The van der Waals surface area contributed by atoms with E-state index in [1.54, 1.807) is 36.1 Å². The van der Waals surface area contributed by atoms with E-state index < -0.39 is 12.0 Å². The first-order valence-electron chi connectivity index (χ1n) is 11.0. The molecule has 0 radical (unpaired) electrons. The fraction of sp³-hybridized carbons (Fsp3) is 0.333. The van der Waals surface area contributed by atoms with Crippen molar-refractivity contribution in [1.29, 1.82) is 0 Å². The maximum absolute atomic E-state index is 13.0. The number of imidazole rings is 1. The van der Waals surface area contributed by atoms with Crippen molar-refractivity contribution < 1.29 is 19.5 Å². The van der Waals surface area contributed by atoms with Crippen LogP contribution in [-0.4, -0.2) is 50.3 Å². The number of fused-ring (bicyclic) bond motifs is 1. The molecule has 0 aliphatic carbocycles. The number of aromatic nitrogens is 2. The Morgan fingerprint density at radius 3 is 2.76 bits per heavy atom. The van der Waals surface area contributed by atoms with Crippen molar-refractivity contribution in [1.82, 2.24) is 20.2 Å². The van der Waals surface area contributed by atoms with Crippen LogP contribution in [0.2, 0.25) is 10.0 Å². The molecule has 1 aliphatic rings. The molecule has 2 aromatic carbocycles. The molecule has 2 heterocycles. The third kappa shape index (κ3) is 5.18. The van der Waals surface area contributed by atoms with Crippen LogP contribution >= 0.6 is 23.2 Å². The monoisotopic (exact) mass is 502 g/mol. The lowest BCUT2D eigenvalue weighted by atomic mass is 10.1. The minimum Gasteiger partial charge on any atom is -0.481 e. The molecule has 10 heteroatoms. The Morgan fingerprint density at radius 1 is 1.24 bits per heavy atom. The van der Waals surface area contributed by atoms with Gasteiger partial charge in [0.25, 0.3) is 11.8 Å². The molecular weight excluding hydrogens is 479 g/mol. The zero-order valence-corrected chi connectivity index (χ0v) is 20.0. The average molecular weight is 503 g/mol. The first kappa shape index (κ1) is 24.0. The van der Waals surface area contributed by atoms with Gasteiger partial charge in [0.15, 0.2) is 0 Å². The molecule has 0 spiro atoms. The Bertz CT molecular complexity index is 1260. The molecule has 1 aliphatic heterocycles. The topological polar surface area (TPSA) is 115 Å². The Labute approximate surface area is 206 Å². The number of carbonyl (C=O) groups is 3. The number of likely N-dealkylation sites (tertiary alicyclic amines) is 1. The number of rotatable bonds is 7. The second kappa shape index (κ2) is 10.0. The Balaban J connectivity index is 1.44. The van der Waals surface area contributed by atoms with Crippen molar-refractivity contribution in [3.8, 4) is 0 Å². The van der Waals surface area contributed by atoms with Crippen LogP contribution in [0, 0.1) is 0 Å². The fourth-order valence-corrected chi connectivity index (χ4v) is 4.66. The summed E-state index contributed by atoms with van der Waals surface area (Å²) in [5.41, 5.74) is 2.13.